The van der Waals surface area contributed by atoms with Crippen molar-refractivity contribution in [3.05, 3.63) is 107 Å². The number of aromatic nitrogens is 2. The van der Waals surface area contributed by atoms with Gasteiger partial charge in [0.25, 0.3) is 5.91 Å². The monoisotopic (exact) mass is 590 g/mol. The van der Waals surface area contributed by atoms with Crippen LogP contribution in [-0.2, 0) is 17.1 Å². The minimum Gasteiger partial charge on any atom is -0.593 e. The summed E-state index contributed by atoms with van der Waals surface area (Å²) < 4.78 is 29.5. The number of hydrogen-bond acceptors (Lipinski definition) is 8. The third-order valence-corrected chi connectivity index (χ3v) is 7.42. The van der Waals surface area contributed by atoms with Crippen LogP contribution in [0.5, 0.6) is 0 Å². The van der Waals surface area contributed by atoms with Crippen molar-refractivity contribution in [3.63, 3.8) is 0 Å². The van der Waals surface area contributed by atoms with Crippen molar-refractivity contribution in [2.45, 2.75) is 12.7 Å². The van der Waals surface area contributed by atoms with Crippen LogP contribution in [-0.4, -0.2) is 75.5 Å². The molecule has 1 aliphatic rings. The topological polar surface area (TPSA) is 134 Å². The number of benzene rings is 2. The van der Waals surface area contributed by atoms with Crippen molar-refractivity contribution in [2.24, 2.45) is 4.99 Å². The van der Waals surface area contributed by atoms with Gasteiger partial charge >= 0.3 is 5.91 Å². The molecule has 4 rings (SSSR count). The average Bonchev–Trinajstić information content (AvgIpc) is 3.00. The fourth-order valence-corrected chi connectivity index (χ4v) is 5.12. The first-order valence-corrected chi connectivity index (χ1v) is 14.6. The van der Waals surface area contributed by atoms with E-state index in [0.29, 0.717) is 38.5 Å². The van der Waals surface area contributed by atoms with Crippen LogP contribution in [0.1, 0.15) is 38.9 Å². The highest BCUT2D eigenvalue weighted by atomic mass is 32.2. The number of piperazine rings is 1. The lowest BCUT2D eigenvalue weighted by atomic mass is 10.0. The van der Waals surface area contributed by atoms with Gasteiger partial charge in [0.15, 0.2) is 17.3 Å². The number of allylic oxidation sites excluding steroid dienone is 3. The summed E-state index contributed by atoms with van der Waals surface area (Å²) in [6.07, 6.45) is 2.59. The molecule has 12 heteroatoms. The molecule has 2 amide bonds. The van der Waals surface area contributed by atoms with Crippen molar-refractivity contribution in [2.75, 3.05) is 37.6 Å². The van der Waals surface area contributed by atoms with Crippen molar-refractivity contribution >= 4 is 40.8 Å². The summed E-state index contributed by atoms with van der Waals surface area (Å²) in [5.41, 5.74) is 1.52. The van der Waals surface area contributed by atoms with E-state index >= 15 is 0 Å². The van der Waals surface area contributed by atoms with E-state index in [2.05, 4.69) is 26.5 Å². The summed E-state index contributed by atoms with van der Waals surface area (Å²) in [6, 6.07) is 16.5. The molecule has 42 heavy (non-hydrogen) atoms. The maximum atomic E-state index is 14.8. The Morgan fingerprint density at radius 1 is 1.12 bits per heavy atom. The quantitative estimate of drug-likeness (QED) is 0.159. The van der Waals surface area contributed by atoms with Crippen LogP contribution in [0.25, 0.3) is 5.57 Å². The Labute approximate surface area is 246 Å². The van der Waals surface area contributed by atoms with Gasteiger partial charge in [0.05, 0.1) is 17.6 Å². The number of aliphatic imine (C=N–C) groups is 1. The summed E-state index contributed by atoms with van der Waals surface area (Å²) in [6.45, 7) is 7.81. The molecule has 0 spiro atoms. The molecule has 0 saturated carbocycles. The Morgan fingerprint density at radius 2 is 1.86 bits per heavy atom. The predicted molar refractivity (Wildman–Crippen MR) is 161 cm³/mol. The molecule has 1 atom stereocenters. The maximum absolute atomic E-state index is 14.8. The van der Waals surface area contributed by atoms with Crippen molar-refractivity contribution < 1.29 is 23.6 Å². The van der Waals surface area contributed by atoms with Gasteiger partial charge in [0, 0.05) is 49.4 Å². The summed E-state index contributed by atoms with van der Waals surface area (Å²) in [5, 5.41) is 18.0. The van der Waals surface area contributed by atoms with Crippen LogP contribution < -0.4 is 9.62 Å². The van der Waals surface area contributed by atoms with Crippen LogP contribution in [0.15, 0.2) is 84.1 Å². The Bertz CT molecular complexity index is 1470. The Balaban J connectivity index is 1.30. The fourth-order valence-electron chi connectivity index (χ4n) is 4.24. The van der Waals surface area contributed by atoms with Gasteiger partial charge in [-0.05, 0) is 42.8 Å². The highest BCUT2D eigenvalue weighted by molar-refractivity contribution is 7.89. The smallest absolute Gasteiger partial charge is 0.312 e. The summed E-state index contributed by atoms with van der Waals surface area (Å²) in [5.74, 6) is -0.927. The van der Waals surface area contributed by atoms with E-state index in [0.717, 1.165) is 5.56 Å². The number of nitrogens with zero attached hydrogens (tertiary/aromatic N) is 5. The number of anilines is 1. The average molecular weight is 591 g/mol. The molecule has 2 aromatic carbocycles. The number of carbonyl (C=O) groups is 2. The lowest BCUT2D eigenvalue weighted by Crippen LogP contribution is -2.49. The highest BCUT2D eigenvalue weighted by Gasteiger charge is 2.24. The molecule has 2 N–H and O–H groups in total. The SMILES string of the molecule is C=C(/C=C(O)\C=N\CC)c1ccc(C(=O)N2CCN(c3ccc(C(=O)N[S+]([O-])Cc4ccccc4)nn3)CC2)cc1F. The molecule has 1 aromatic heterocycles. The highest BCUT2D eigenvalue weighted by Crippen LogP contribution is 2.22. The molecular formula is C30H31FN6O4S. The summed E-state index contributed by atoms with van der Waals surface area (Å²) in [7, 11) is 0. The molecule has 1 saturated heterocycles. The van der Waals surface area contributed by atoms with Crippen LogP contribution in [0.4, 0.5) is 10.2 Å². The molecule has 0 bridgehead atoms. The Morgan fingerprint density at radius 3 is 2.50 bits per heavy atom. The third kappa shape index (κ3) is 8.02. The van der Waals surface area contributed by atoms with Gasteiger partial charge in [-0.1, -0.05) is 43.0 Å². The number of amides is 2. The molecule has 1 unspecified atom stereocenters. The molecule has 3 aromatic rings. The van der Waals surface area contributed by atoms with Crippen LogP contribution >= 0.6 is 0 Å². The predicted octanol–water partition coefficient (Wildman–Crippen LogP) is 3.72. The van der Waals surface area contributed by atoms with Crippen LogP contribution in [0.3, 0.4) is 0 Å². The first-order chi connectivity index (χ1) is 20.2. The van der Waals surface area contributed by atoms with E-state index in [-0.39, 0.29) is 39.8 Å². The number of aliphatic hydroxyl groups excluding tert-OH is 1. The number of rotatable bonds is 10. The maximum Gasteiger partial charge on any atom is 0.312 e. The molecule has 10 nitrogen and oxygen atoms in total. The molecule has 0 aliphatic carbocycles. The molecule has 218 valence electrons. The van der Waals surface area contributed by atoms with Gasteiger partial charge in [-0.2, -0.15) is 4.72 Å². The molecule has 0 radical (unpaired) electrons. The second kappa shape index (κ2) is 14.4. The molecular weight excluding hydrogens is 559 g/mol. The largest absolute Gasteiger partial charge is 0.593 e. The lowest BCUT2D eigenvalue weighted by Gasteiger charge is -2.35. The second-order valence-electron chi connectivity index (χ2n) is 9.38. The zero-order valence-corrected chi connectivity index (χ0v) is 23.9. The first kappa shape index (κ1) is 30.4. The minimum absolute atomic E-state index is 0.0434. The number of aliphatic hydroxyl groups is 1. The lowest BCUT2D eigenvalue weighted by molar-refractivity contribution is 0.0745. The molecule has 1 aliphatic heterocycles. The molecule has 2 heterocycles. The number of hydrogen-bond donors (Lipinski definition) is 2. The number of carbonyl (C=O) groups excluding carboxylic acids is 2. The normalized spacial score (nSPS) is 14.6. The van der Waals surface area contributed by atoms with E-state index in [1.165, 1.54) is 36.6 Å². The molecule has 1 fully saturated rings. The van der Waals surface area contributed by atoms with E-state index in [1.54, 1.807) is 11.0 Å². The van der Waals surface area contributed by atoms with E-state index in [4.69, 9.17) is 0 Å². The Kier molecular flexibility index (Phi) is 10.4. The third-order valence-electron chi connectivity index (χ3n) is 6.41. The summed E-state index contributed by atoms with van der Waals surface area (Å²) >= 11 is -1.61. The number of nitrogens with one attached hydrogen (secondary N) is 1. The number of halogens is 1. The van der Waals surface area contributed by atoms with E-state index in [1.807, 2.05) is 42.2 Å². The second-order valence-corrected chi connectivity index (χ2v) is 10.6. The van der Waals surface area contributed by atoms with Gasteiger partial charge in [0.1, 0.15) is 11.6 Å². The zero-order valence-electron chi connectivity index (χ0n) is 23.1. The van der Waals surface area contributed by atoms with Gasteiger partial charge in [-0.3, -0.25) is 14.6 Å². The van der Waals surface area contributed by atoms with Gasteiger partial charge in [0.2, 0.25) is 0 Å². The standard InChI is InChI=1S/C30H31FN6O4S/c1-3-32-19-24(38)17-21(2)25-10-9-23(18-26(25)31)30(40)37-15-13-36(14-16-37)28-12-11-27(33-34-28)29(39)35-42(41)20-22-7-5-4-6-8-22/h4-12,17-19,38H,2-3,13-16,20H2,1H3,(H,35,39)/b24-17+,32-19+. The zero-order chi connectivity index (χ0) is 30.1. The minimum atomic E-state index is -1.61. The van der Waals surface area contributed by atoms with Crippen LogP contribution in [0.2, 0.25) is 0 Å². The van der Waals surface area contributed by atoms with Crippen LogP contribution in [0, 0.1) is 5.82 Å². The van der Waals surface area contributed by atoms with E-state index < -0.39 is 23.1 Å². The van der Waals surface area contributed by atoms with Gasteiger partial charge in [-0.15, -0.1) is 10.2 Å². The van der Waals surface area contributed by atoms with Crippen molar-refractivity contribution in [3.8, 4) is 0 Å². The Hall–Kier alpha value is -4.55. The fraction of sp³-hybridized carbons (Fsp3) is 0.233. The van der Waals surface area contributed by atoms with Gasteiger partial charge in [-0.25, -0.2) is 4.39 Å². The summed E-state index contributed by atoms with van der Waals surface area (Å²) in [4.78, 5) is 33.0. The first-order valence-electron chi connectivity index (χ1n) is 13.3. The van der Waals surface area contributed by atoms with Gasteiger partial charge < -0.3 is 19.5 Å². The van der Waals surface area contributed by atoms with E-state index in [9.17, 15) is 23.6 Å². The van der Waals surface area contributed by atoms with Crippen molar-refractivity contribution in [1.82, 2.24) is 19.8 Å². The van der Waals surface area contributed by atoms with Crippen molar-refractivity contribution in [1.29, 1.82) is 0 Å².